The molecule has 1 aromatic heterocycles. The third-order valence-electron chi connectivity index (χ3n) is 7.60. The van der Waals surface area contributed by atoms with Crippen molar-refractivity contribution in [2.45, 2.75) is 44.2 Å². The molecule has 0 unspecified atom stereocenters. The lowest BCUT2D eigenvalue weighted by atomic mass is 10.2. The predicted octanol–water partition coefficient (Wildman–Crippen LogP) is 3.36. The van der Waals surface area contributed by atoms with Gasteiger partial charge in [0.2, 0.25) is 11.8 Å². The molecule has 2 atom stereocenters. The highest BCUT2D eigenvalue weighted by Gasteiger charge is 2.38. The van der Waals surface area contributed by atoms with Crippen molar-refractivity contribution < 1.29 is 37.8 Å². The van der Waals surface area contributed by atoms with E-state index in [4.69, 9.17) is 21.1 Å². The first-order valence-corrected chi connectivity index (χ1v) is 15.7. The van der Waals surface area contributed by atoms with Gasteiger partial charge in [0.1, 0.15) is 18.5 Å². The molecule has 0 saturated carbocycles. The van der Waals surface area contributed by atoms with E-state index in [1.807, 2.05) is 0 Å². The second kappa shape index (κ2) is 15.8. The van der Waals surface area contributed by atoms with Gasteiger partial charge in [-0.3, -0.25) is 29.0 Å². The molecule has 3 saturated heterocycles. The summed E-state index contributed by atoms with van der Waals surface area (Å²) < 4.78 is 26.1. The van der Waals surface area contributed by atoms with Gasteiger partial charge in [0.25, 0.3) is 11.8 Å². The first-order chi connectivity index (χ1) is 21.2. The standard InChI is InChI=1S/C29H33ClFN5O7S.ClH/c30-24-9-8-23(44-24)28(40)36(25(37)5-1-2-10-33-27(39)21-4-3-11-32-21)16-19-15-35(29(41)43-19)22-7-6-18(14-20(22)31)34-12-13-42-17-26(34)38;/h6-9,14,19,21,32H,1-5,10-13,15-17H2,(H,33,39);1H/t19-,21+;/m1./s1. The van der Waals surface area contributed by atoms with Crippen molar-refractivity contribution in [3.05, 3.63) is 45.4 Å². The largest absolute Gasteiger partial charge is 0.442 e. The Kier molecular flexibility index (Phi) is 12.1. The van der Waals surface area contributed by atoms with E-state index in [2.05, 4.69) is 10.6 Å². The van der Waals surface area contributed by atoms with E-state index in [9.17, 15) is 24.0 Å². The number of cyclic esters (lactones) is 1. The molecule has 5 amide bonds. The number of anilines is 2. The van der Waals surface area contributed by atoms with Crippen LogP contribution in [0, 0.1) is 5.82 Å². The number of amides is 5. The van der Waals surface area contributed by atoms with Gasteiger partial charge < -0.3 is 25.0 Å². The maximum absolute atomic E-state index is 15.2. The Morgan fingerprint density at radius 3 is 2.67 bits per heavy atom. The highest BCUT2D eigenvalue weighted by atomic mass is 35.5. The van der Waals surface area contributed by atoms with E-state index in [0.717, 1.165) is 40.5 Å². The van der Waals surface area contributed by atoms with Gasteiger partial charge >= 0.3 is 6.09 Å². The van der Waals surface area contributed by atoms with Crippen LogP contribution in [0.15, 0.2) is 30.3 Å². The molecule has 0 aliphatic carbocycles. The number of nitrogens with one attached hydrogen (secondary N) is 2. The van der Waals surface area contributed by atoms with Gasteiger partial charge in [0.05, 0.1) is 40.6 Å². The van der Waals surface area contributed by atoms with Crippen LogP contribution in [0.25, 0.3) is 0 Å². The topological polar surface area (TPSA) is 138 Å². The number of morpholine rings is 1. The monoisotopic (exact) mass is 685 g/mol. The first-order valence-electron chi connectivity index (χ1n) is 14.5. The first kappa shape index (κ1) is 34.6. The van der Waals surface area contributed by atoms with Crippen molar-refractivity contribution in [3.8, 4) is 0 Å². The Hall–Kier alpha value is -3.30. The molecule has 16 heteroatoms. The van der Waals surface area contributed by atoms with Crippen molar-refractivity contribution in [1.82, 2.24) is 15.5 Å². The Morgan fingerprint density at radius 1 is 1.16 bits per heavy atom. The molecule has 0 radical (unpaired) electrons. The van der Waals surface area contributed by atoms with Crippen LogP contribution in [-0.4, -0.2) is 92.7 Å². The van der Waals surface area contributed by atoms with Crippen molar-refractivity contribution in [2.24, 2.45) is 0 Å². The predicted molar refractivity (Wildman–Crippen MR) is 168 cm³/mol. The molecule has 1 aromatic carbocycles. The number of thiophene rings is 1. The number of ether oxygens (including phenoxy) is 2. The fourth-order valence-corrected chi connectivity index (χ4v) is 6.32. The van der Waals surface area contributed by atoms with Gasteiger partial charge in [0.15, 0.2) is 0 Å². The number of halogens is 3. The average molecular weight is 687 g/mol. The molecule has 5 rings (SSSR count). The number of rotatable bonds is 11. The molecule has 12 nitrogen and oxygen atoms in total. The minimum Gasteiger partial charge on any atom is -0.442 e. The zero-order valence-electron chi connectivity index (χ0n) is 24.3. The molecule has 2 N–H and O–H groups in total. The SMILES string of the molecule is Cl.O=C(NCCCCC(=O)N(C[C@H]1CN(c2ccc(N3CCOCC3=O)cc2F)C(=O)O1)C(=O)c1ccc(Cl)s1)[C@@H]1CCCN1. The molecule has 0 spiro atoms. The van der Waals surface area contributed by atoms with Crippen LogP contribution in [-0.2, 0) is 23.9 Å². The number of benzene rings is 1. The molecule has 2 aromatic rings. The Morgan fingerprint density at radius 2 is 1.98 bits per heavy atom. The Bertz CT molecular complexity index is 1420. The Labute approximate surface area is 274 Å². The second-order valence-electron chi connectivity index (χ2n) is 10.7. The van der Waals surface area contributed by atoms with E-state index in [-0.39, 0.29) is 73.5 Å². The summed E-state index contributed by atoms with van der Waals surface area (Å²) in [6.07, 6.45) is 1.01. The molecule has 0 bridgehead atoms. The van der Waals surface area contributed by atoms with Crippen LogP contribution in [0.3, 0.4) is 0 Å². The number of unbranched alkanes of at least 4 members (excludes halogenated alkanes) is 1. The molecule has 244 valence electrons. The van der Waals surface area contributed by atoms with Gasteiger partial charge in [-0.2, -0.15) is 0 Å². The Balaban J connectivity index is 0.00000461. The summed E-state index contributed by atoms with van der Waals surface area (Å²) in [5.41, 5.74) is 0.293. The summed E-state index contributed by atoms with van der Waals surface area (Å²) in [6.45, 7) is 1.40. The maximum atomic E-state index is 15.2. The third-order valence-corrected chi connectivity index (χ3v) is 8.82. The van der Waals surface area contributed by atoms with Crippen LogP contribution >= 0.6 is 35.3 Å². The number of carbonyl (C=O) groups excluding carboxylic acids is 5. The van der Waals surface area contributed by atoms with Crippen LogP contribution in [0.4, 0.5) is 20.6 Å². The van der Waals surface area contributed by atoms with Crippen molar-refractivity contribution in [1.29, 1.82) is 0 Å². The van der Waals surface area contributed by atoms with Crippen molar-refractivity contribution in [3.63, 3.8) is 0 Å². The van der Waals surface area contributed by atoms with E-state index >= 15 is 4.39 Å². The smallest absolute Gasteiger partial charge is 0.414 e. The van der Waals surface area contributed by atoms with Gasteiger partial charge in [-0.25, -0.2) is 9.18 Å². The van der Waals surface area contributed by atoms with Crippen molar-refractivity contribution in [2.75, 3.05) is 55.7 Å². The second-order valence-corrected chi connectivity index (χ2v) is 12.4. The minimum atomic E-state index is -0.913. The number of carbonyl (C=O) groups is 5. The maximum Gasteiger partial charge on any atom is 0.414 e. The van der Waals surface area contributed by atoms with Gasteiger partial charge in [-0.15, -0.1) is 23.7 Å². The third kappa shape index (κ3) is 8.50. The zero-order chi connectivity index (χ0) is 31.2. The summed E-state index contributed by atoms with van der Waals surface area (Å²) in [7, 11) is 0. The number of hydrogen-bond donors (Lipinski definition) is 2. The lowest BCUT2D eigenvalue weighted by Gasteiger charge is -2.27. The quantitative estimate of drug-likeness (QED) is 0.344. The summed E-state index contributed by atoms with van der Waals surface area (Å²) >= 11 is 7.05. The molecule has 3 aliphatic rings. The highest BCUT2D eigenvalue weighted by Crippen LogP contribution is 2.30. The number of hydrogen-bond acceptors (Lipinski definition) is 9. The van der Waals surface area contributed by atoms with Crippen LogP contribution in [0.1, 0.15) is 41.8 Å². The minimum absolute atomic E-state index is 0. The molecule has 3 aliphatic heterocycles. The summed E-state index contributed by atoms with van der Waals surface area (Å²) in [4.78, 5) is 67.5. The fourth-order valence-electron chi connectivity index (χ4n) is 5.33. The molecule has 45 heavy (non-hydrogen) atoms. The van der Waals surface area contributed by atoms with Gasteiger partial charge in [-0.1, -0.05) is 11.6 Å². The zero-order valence-corrected chi connectivity index (χ0v) is 26.7. The van der Waals surface area contributed by atoms with Crippen molar-refractivity contribution >= 4 is 76.4 Å². The normalized spacial score (nSPS) is 19.7. The molecular formula is C29H34Cl2FN5O7S. The van der Waals surface area contributed by atoms with Crippen LogP contribution < -0.4 is 20.4 Å². The van der Waals surface area contributed by atoms with E-state index in [0.29, 0.717) is 36.0 Å². The van der Waals surface area contributed by atoms with E-state index < -0.39 is 29.8 Å². The van der Waals surface area contributed by atoms with Gasteiger partial charge in [0, 0.05) is 25.2 Å². The average Bonchev–Trinajstić information content (AvgIpc) is 3.77. The fraction of sp³-hybridized carbons (Fsp3) is 0.483. The van der Waals surface area contributed by atoms with E-state index in [1.165, 1.54) is 29.2 Å². The van der Waals surface area contributed by atoms with Crippen LogP contribution in [0.2, 0.25) is 4.34 Å². The highest BCUT2D eigenvalue weighted by molar-refractivity contribution is 7.18. The number of nitrogens with zero attached hydrogens (tertiary/aromatic N) is 3. The van der Waals surface area contributed by atoms with Crippen LogP contribution in [0.5, 0.6) is 0 Å². The summed E-state index contributed by atoms with van der Waals surface area (Å²) in [5, 5.41) is 6.00. The molecule has 4 heterocycles. The lowest BCUT2D eigenvalue weighted by Crippen LogP contribution is -2.43. The molecule has 3 fully saturated rings. The molecular weight excluding hydrogens is 652 g/mol. The lowest BCUT2D eigenvalue weighted by molar-refractivity contribution is -0.129. The summed E-state index contributed by atoms with van der Waals surface area (Å²) in [5.74, 6) is -2.13. The summed E-state index contributed by atoms with van der Waals surface area (Å²) in [6, 6.07) is 6.99. The number of imide groups is 1. The van der Waals surface area contributed by atoms with Gasteiger partial charge in [-0.05, 0) is 62.6 Å². The van der Waals surface area contributed by atoms with E-state index in [1.54, 1.807) is 6.07 Å².